The molecule has 168 valence electrons. The number of carbonyl (C=O) groups excluding carboxylic acids is 1. The molecule has 0 atom stereocenters. The average Bonchev–Trinajstić information content (AvgIpc) is 3.12. The van der Waals surface area contributed by atoms with Gasteiger partial charge in [-0.1, -0.05) is 6.07 Å². The molecule has 2 heterocycles. The minimum atomic E-state index is -0.363. The van der Waals surface area contributed by atoms with Crippen molar-refractivity contribution in [3.05, 3.63) is 77.9 Å². The van der Waals surface area contributed by atoms with Crippen LogP contribution < -0.4 is 20.1 Å². The van der Waals surface area contributed by atoms with Gasteiger partial charge in [0, 0.05) is 29.2 Å². The predicted molar refractivity (Wildman–Crippen MR) is 126 cm³/mol. The minimum Gasteiger partial charge on any atom is -0.497 e. The Balaban J connectivity index is 1.42. The van der Waals surface area contributed by atoms with Crippen molar-refractivity contribution in [1.29, 1.82) is 0 Å². The quantitative estimate of drug-likeness (QED) is 0.432. The second-order valence-corrected chi connectivity index (χ2v) is 7.39. The van der Waals surface area contributed by atoms with Crippen LogP contribution in [0, 0.1) is 20.8 Å². The standard InChI is InChI=1S/C24H24N6O3/c1-15-12-16(2)30(29-15)22-14-23(26-17(3)25-22)33-20-10-8-18(9-11-20)27-24(31)28-19-6-5-7-21(13-19)32-4/h5-14H,1-4H3,(H2,27,28,31). The van der Waals surface area contributed by atoms with Gasteiger partial charge in [0.25, 0.3) is 0 Å². The molecule has 2 aromatic heterocycles. The molecule has 0 aliphatic carbocycles. The van der Waals surface area contributed by atoms with Crippen molar-refractivity contribution in [3.8, 4) is 23.2 Å². The molecule has 9 heteroatoms. The Hall–Kier alpha value is -4.40. The second-order valence-electron chi connectivity index (χ2n) is 7.39. The summed E-state index contributed by atoms with van der Waals surface area (Å²) < 4.78 is 12.8. The number of ether oxygens (including phenoxy) is 2. The first-order valence-electron chi connectivity index (χ1n) is 10.3. The molecule has 33 heavy (non-hydrogen) atoms. The fourth-order valence-electron chi connectivity index (χ4n) is 3.27. The van der Waals surface area contributed by atoms with E-state index in [1.54, 1.807) is 73.3 Å². The number of rotatable bonds is 6. The van der Waals surface area contributed by atoms with Gasteiger partial charge in [0.1, 0.15) is 17.3 Å². The SMILES string of the molecule is COc1cccc(NC(=O)Nc2ccc(Oc3cc(-n4nc(C)cc4C)nc(C)n3)cc2)c1. The van der Waals surface area contributed by atoms with Crippen LogP contribution in [0.4, 0.5) is 16.2 Å². The van der Waals surface area contributed by atoms with Gasteiger partial charge < -0.3 is 20.1 Å². The number of nitrogens with zero attached hydrogens (tertiary/aromatic N) is 4. The fourth-order valence-corrected chi connectivity index (χ4v) is 3.27. The fraction of sp³-hybridized carbons (Fsp3) is 0.167. The molecule has 0 fully saturated rings. The van der Waals surface area contributed by atoms with E-state index in [-0.39, 0.29) is 6.03 Å². The van der Waals surface area contributed by atoms with Gasteiger partial charge >= 0.3 is 6.03 Å². The summed E-state index contributed by atoms with van der Waals surface area (Å²) in [6.45, 7) is 5.70. The Morgan fingerprint density at radius 1 is 0.879 bits per heavy atom. The van der Waals surface area contributed by atoms with Crippen molar-refractivity contribution in [2.45, 2.75) is 20.8 Å². The lowest BCUT2D eigenvalue weighted by molar-refractivity contribution is 0.262. The largest absolute Gasteiger partial charge is 0.497 e. The number of hydrogen-bond acceptors (Lipinski definition) is 6. The van der Waals surface area contributed by atoms with Crippen LogP contribution >= 0.6 is 0 Å². The molecular weight excluding hydrogens is 420 g/mol. The summed E-state index contributed by atoms with van der Waals surface area (Å²) in [5.41, 5.74) is 3.12. The number of anilines is 2. The number of amides is 2. The molecule has 2 amide bonds. The molecule has 0 saturated carbocycles. The maximum absolute atomic E-state index is 12.3. The van der Waals surface area contributed by atoms with E-state index in [0.29, 0.717) is 40.4 Å². The van der Waals surface area contributed by atoms with E-state index in [9.17, 15) is 4.79 Å². The van der Waals surface area contributed by atoms with Crippen LogP contribution in [0.1, 0.15) is 17.2 Å². The van der Waals surface area contributed by atoms with E-state index in [1.807, 2.05) is 19.9 Å². The first kappa shape index (κ1) is 21.8. The van der Waals surface area contributed by atoms with Gasteiger partial charge in [-0.25, -0.2) is 14.5 Å². The zero-order chi connectivity index (χ0) is 23.4. The lowest BCUT2D eigenvalue weighted by Gasteiger charge is -2.11. The first-order chi connectivity index (χ1) is 15.9. The van der Waals surface area contributed by atoms with E-state index in [0.717, 1.165) is 11.4 Å². The smallest absolute Gasteiger partial charge is 0.323 e. The predicted octanol–water partition coefficient (Wildman–Crippen LogP) is 5.03. The van der Waals surface area contributed by atoms with Crippen LogP contribution in [0.15, 0.2) is 60.7 Å². The molecule has 0 saturated heterocycles. The van der Waals surface area contributed by atoms with Crippen LogP contribution in [-0.4, -0.2) is 32.9 Å². The number of aryl methyl sites for hydroxylation is 3. The third-order valence-electron chi connectivity index (χ3n) is 4.69. The van der Waals surface area contributed by atoms with Crippen molar-refractivity contribution in [2.75, 3.05) is 17.7 Å². The van der Waals surface area contributed by atoms with Crippen molar-refractivity contribution < 1.29 is 14.3 Å². The Morgan fingerprint density at radius 2 is 1.64 bits per heavy atom. The summed E-state index contributed by atoms with van der Waals surface area (Å²) in [5.74, 6) is 2.85. The number of urea groups is 1. The molecule has 0 aliphatic rings. The first-order valence-corrected chi connectivity index (χ1v) is 10.3. The van der Waals surface area contributed by atoms with Gasteiger partial charge in [-0.05, 0) is 63.2 Å². The molecule has 2 aromatic carbocycles. The maximum atomic E-state index is 12.3. The highest BCUT2D eigenvalue weighted by Crippen LogP contribution is 2.24. The molecule has 9 nitrogen and oxygen atoms in total. The molecule has 0 aliphatic heterocycles. The Kier molecular flexibility index (Phi) is 6.21. The van der Waals surface area contributed by atoms with Crippen LogP contribution in [0.5, 0.6) is 17.4 Å². The van der Waals surface area contributed by atoms with Crippen LogP contribution in [0.3, 0.4) is 0 Å². The molecule has 0 radical (unpaired) electrons. The van der Waals surface area contributed by atoms with E-state index < -0.39 is 0 Å². The number of hydrogen-bond donors (Lipinski definition) is 2. The molecule has 0 spiro atoms. The van der Waals surface area contributed by atoms with Gasteiger partial charge in [-0.15, -0.1) is 0 Å². The van der Waals surface area contributed by atoms with E-state index in [1.165, 1.54) is 0 Å². The molecule has 0 unspecified atom stereocenters. The molecule has 2 N–H and O–H groups in total. The molecule has 4 aromatic rings. The Bertz CT molecular complexity index is 1280. The van der Waals surface area contributed by atoms with Gasteiger partial charge in [0.2, 0.25) is 5.88 Å². The van der Waals surface area contributed by atoms with E-state index in [4.69, 9.17) is 9.47 Å². The average molecular weight is 444 g/mol. The van der Waals surface area contributed by atoms with Gasteiger partial charge in [-0.2, -0.15) is 10.1 Å². The topological polar surface area (TPSA) is 103 Å². The van der Waals surface area contributed by atoms with Crippen LogP contribution in [0.25, 0.3) is 5.82 Å². The van der Waals surface area contributed by atoms with Crippen molar-refractivity contribution in [1.82, 2.24) is 19.7 Å². The minimum absolute atomic E-state index is 0.363. The highest BCUT2D eigenvalue weighted by atomic mass is 16.5. The monoisotopic (exact) mass is 444 g/mol. The van der Waals surface area contributed by atoms with Crippen molar-refractivity contribution >= 4 is 17.4 Å². The zero-order valence-corrected chi connectivity index (χ0v) is 18.8. The number of methoxy groups -OCH3 is 1. The summed E-state index contributed by atoms with van der Waals surface area (Å²) >= 11 is 0. The van der Waals surface area contributed by atoms with E-state index in [2.05, 4.69) is 25.7 Å². The lowest BCUT2D eigenvalue weighted by Crippen LogP contribution is -2.19. The normalized spacial score (nSPS) is 10.5. The Labute approximate surface area is 191 Å². The lowest BCUT2D eigenvalue weighted by atomic mass is 10.3. The second kappa shape index (κ2) is 9.39. The summed E-state index contributed by atoms with van der Waals surface area (Å²) in [6.07, 6.45) is 0. The highest BCUT2D eigenvalue weighted by molar-refractivity contribution is 5.99. The number of benzene rings is 2. The number of nitrogens with one attached hydrogen (secondary N) is 2. The van der Waals surface area contributed by atoms with Crippen LogP contribution in [0.2, 0.25) is 0 Å². The third-order valence-corrected chi connectivity index (χ3v) is 4.69. The number of carbonyl (C=O) groups is 1. The molecule has 4 rings (SSSR count). The van der Waals surface area contributed by atoms with Crippen molar-refractivity contribution in [3.63, 3.8) is 0 Å². The van der Waals surface area contributed by atoms with Crippen LogP contribution in [-0.2, 0) is 0 Å². The summed E-state index contributed by atoms with van der Waals surface area (Å²) in [4.78, 5) is 21.1. The summed E-state index contributed by atoms with van der Waals surface area (Å²) in [6, 6.07) is 17.5. The van der Waals surface area contributed by atoms with Gasteiger partial charge in [0.05, 0.1) is 12.8 Å². The highest BCUT2D eigenvalue weighted by Gasteiger charge is 2.10. The Morgan fingerprint density at radius 3 is 2.33 bits per heavy atom. The summed E-state index contributed by atoms with van der Waals surface area (Å²) in [7, 11) is 1.58. The van der Waals surface area contributed by atoms with Gasteiger partial charge in [0.15, 0.2) is 5.82 Å². The van der Waals surface area contributed by atoms with Gasteiger partial charge in [-0.3, -0.25) is 0 Å². The third kappa shape index (κ3) is 5.45. The van der Waals surface area contributed by atoms with Crippen molar-refractivity contribution in [2.24, 2.45) is 0 Å². The van der Waals surface area contributed by atoms with E-state index >= 15 is 0 Å². The zero-order valence-electron chi connectivity index (χ0n) is 18.8. The molecule has 0 bridgehead atoms. The maximum Gasteiger partial charge on any atom is 0.323 e. The molecular formula is C24H24N6O3. The summed E-state index contributed by atoms with van der Waals surface area (Å²) in [5, 5.41) is 10.0. The number of aromatic nitrogens is 4.